The first-order chi connectivity index (χ1) is 9.94. The number of hydrogen-bond donors (Lipinski definition) is 3. The van der Waals surface area contributed by atoms with E-state index in [1.807, 2.05) is 24.3 Å². The lowest BCUT2D eigenvalue weighted by Crippen LogP contribution is -3.11. The van der Waals surface area contributed by atoms with Crippen LogP contribution in [0.1, 0.15) is 18.4 Å². The van der Waals surface area contributed by atoms with Gasteiger partial charge in [0, 0.05) is 23.7 Å². The van der Waals surface area contributed by atoms with Crippen LogP contribution in [0.15, 0.2) is 24.3 Å². The van der Waals surface area contributed by atoms with Crippen molar-refractivity contribution < 1.29 is 10.1 Å². The maximum Gasteiger partial charge on any atom is 0.257 e. The standard InChI is InChI=1S/C14H17Cl2N3OS/c15-11-4-2-1-3-10(11)7-14(20,13(16)5-6-13)8-19-12(21)17-9-18-19/h1-4,19-20H,5-9H2,(H,17,21). The molecule has 0 spiro atoms. The van der Waals surface area contributed by atoms with E-state index in [0.717, 1.165) is 23.4 Å². The molecule has 1 saturated heterocycles. The van der Waals surface area contributed by atoms with Crippen LogP contribution < -0.4 is 10.3 Å². The van der Waals surface area contributed by atoms with Gasteiger partial charge in [-0.25, -0.2) is 0 Å². The molecule has 2 aliphatic rings. The van der Waals surface area contributed by atoms with E-state index in [0.29, 0.717) is 29.8 Å². The average molecular weight is 346 g/mol. The number of thiocarbonyl (C=S) groups is 1. The zero-order valence-corrected chi connectivity index (χ0v) is 13.7. The number of quaternary nitrogens is 1. The molecule has 114 valence electrons. The van der Waals surface area contributed by atoms with E-state index in [4.69, 9.17) is 35.4 Å². The van der Waals surface area contributed by atoms with Crippen molar-refractivity contribution in [3.8, 4) is 0 Å². The molecule has 0 aromatic heterocycles. The van der Waals surface area contributed by atoms with E-state index in [1.54, 1.807) is 0 Å². The van der Waals surface area contributed by atoms with Crippen molar-refractivity contribution in [2.75, 3.05) is 13.2 Å². The van der Waals surface area contributed by atoms with Gasteiger partial charge >= 0.3 is 0 Å². The van der Waals surface area contributed by atoms with Crippen LogP contribution in [0.4, 0.5) is 0 Å². The number of halogens is 2. The second-order valence-electron chi connectivity index (χ2n) is 5.71. The maximum atomic E-state index is 11.2. The zero-order valence-electron chi connectivity index (χ0n) is 11.4. The molecule has 3 N–H and O–H groups in total. The Balaban J connectivity index is 1.84. The number of rotatable bonds is 5. The molecular weight excluding hydrogens is 329 g/mol. The molecule has 2 unspecified atom stereocenters. The number of benzene rings is 1. The molecule has 1 aromatic rings. The second-order valence-corrected chi connectivity index (χ2v) is 7.25. The number of hydrogen-bond acceptors (Lipinski definition) is 2. The minimum atomic E-state index is -1.09. The smallest absolute Gasteiger partial charge is 0.257 e. The molecule has 0 radical (unpaired) electrons. The summed E-state index contributed by atoms with van der Waals surface area (Å²) in [4.78, 5) is -0.604. The molecule has 1 aliphatic carbocycles. The topological polar surface area (TPSA) is 50.8 Å². The van der Waals surface area contributed by atoms with Crippen LogP contribution in [-0.4, -0.2) is 33.9 Å². The summed E-state index contributed by atoms with van der Waals surface area (Å²) in [6.07, 6.45) is 1.99. The average Bonchev–Trinajstić information content (AvgIpc) is 3.09. The molecule has 1 aliphatic heterocycles. The summed E-state index contributed by atoms with van der Waals surface area (Å²) in [6, 6.07) is 7.53. The molecule has 2 fully saturated rings. The molecule has 1 saturated carbocycles. The van der Waals surface area contributed by atoms with Gasteiger partial charge in [-0.2, -0.15) is 0 Å². The summed E-state index contributed by atoms with van der Waals surface area (Å²) in [7, 11) is 0. The van der Waals surface area contributed by atoms with Crippen molar-refractivity contribution in [1.29, 1.82) is 0 Å². The third-order valence-electron chi connectivity index (χ3n) is 4.20. The van der Waals surface area contributed by atoms with Gasteiger partial charge in [0.05, 0.1) is 4.87 Å². The van der Waals surface area contributed by atoms with Crippen LogP contribution in [0, 0.1) is 0 Å². The Labute approximate surface area is 139 Å². The van der Waals surface area contributed by atoms with Crippen LogP contribution >= 0.6 is 35.4 Å². The second kappa shape index (κ2) is 5.65. The summed E-state index contributed by atoms with van der Waals surface area (Å²) in [6.45, 7) is 0.833. The van der Waals surface area contributed by atoms with Crippen LogP contribution in [0.3, 0.4) is 0 Å². The van der Waals surface area contributed by atoms with Gasteiger partial charge < -0.3 is 20.9 Å². The van der Waals surface area contributed by atoms with Crippen molar-refractivity contribution in [1.82, 2.24) is 5.32 Å². The predicted molar refractivity (Wildman–Crippen MR) is 87.7 cm³/mol. The summed E-state index contributed by atoms with van der Waals surface area (Å²) in [5.74, 6) is 0. The molecule has 1 aromatic carbocycles. The Morgan fingerprint density at radius 2 is 2.14 bits per heavy atom. The minimum absolute atomic E-state index is 0.355. The van der Waals surface area contributed by atoms with Gasteiger partial charge in [0.15, 0.2) is 0 Å². The molecule has 2 atom stereocenters. The van der Waals surface area contributed by atoms with Crippen molar-refractivity contribution in [2.45, 2.75) is 29.7 Å². The quantitative estimate of drug-likeness (QED) is 0.558. The van der Waals surface area contributed by atoms with E-state index in [2.05, 4.69) is 10.7 Å². The lowest BCUT2D eigenvalue weighted by atomic mass is 9.88. The first kappa shape index (κ1) is 15.5. The zero-order chi connectivity index (χ0) is 15.1. The lowest BCUT2D eigenvalue weighted by molar-refractivity contribution is -0.766. The predicted octanol–water partition coefficient (Wildman–Crippen LogP) is 1.40. The fraction of sp³-hybridized carbons (Fsp3) is 0.500. The summed E-state index contributed by atoms with van der Waals surface area (Å²) >= 11 is 18.0. The first-order valence-electron chi connectivity index (χ1n) is 6.90. The Morgan fingerprint density at radius 3 is 2.71 bits per heavy atom. The number of aliphatic hydroxyl groups is 1. The lowest BCUT2D eigenvalue weighted by Gasteiger charge is -2.37. The van der Waals surface area contributed by atoms with Gasteiger partial charge in [-0.15, -0.1) is 11.6 Å². The third-order valence-corrected chi connectivity index (χ3v) is 5.67. The van der Waals surface area contributed by atoms with Gasteiger partial charge in [0.25, 0.3) is 5.11 Å². The van der Waals surface area contributed by atoms with Gasteiger partial charge in [0.1, 0.15) is 12.1 Å². The van der Waals surface area contributed by atoms with Crippen LogP contribution in [0.25, 0.3) is 5.43 Å². The van der Waals surface area contributed by atoms with E-state index in [1.165, 1.54) is 0 Å². The minimum Gasteiger partial charge on any atom is -0.428 e. The highest BCUT2D eigenvalue weighted by atomic mass is 35.5. The van der Waals surface area contributed by atoms with Crippen molar-refractivity contribution in [3.63, 3.8) is 0 Å². The highest BCUT2D eigenvalue weighted by Crippen LogP contribution is 2.52. The van der Waals surface area contributed by atoms with Crippen molar-refractivity contribution in [2.24, 2.45) is 0 Å². The first-order valence-corrected chi connectivity index (χ1v) is 8.06. The molecule has 4 nitrogen and oxygen atoms in total. The Morgan fingerprint density at radius 1 is 1.43 bits per heavy atom. The number of nitrogens with zero attached hydrogens (tertiary/aromatic N) is 1. The highest BCUT2D eigenvalue weighted by molar-refractivity contribution is 7.79. The van der Waals surface area contributed by atoms with Crippen LogP contribution in [0.5, 0.6) is 0 Å². The summed E-state index contributed by atoms with van der Waals surface area (Å²) in [5.41, 5.74) is 4.13. The van der Waals surface area contributed by atoms with Crippen molar-refractivity contribution >= 4 is 40.5 Å². The molecular formula is C14H17Cl2N3OS. The summed E-state index contributed by atoms with van der Waals surface area (Å²) in [5, 5.41) is 16.2. The molecule has 0 amide bonds. The SMILES string of the molecule is OC(Cc1ccccc1Cl)(C[NH+]1[N-]CNC1=S)C1(Cl)CC1. The largest absolute Gasteiger partial charge is 0.428 e. The van der Waals surface area contributed by atoms with Crippen LogP contribution in [-0.2, 0) is 6.42 Å². The van der Waals surface area contributed by atoms with Crippen LogP contribution in [0.2, 0.25) is 5.02 Å². The Hall–Kier alpha value is -0.430. The van der Waals surface area contributed by atoms with Gasteiger partial charge in [-0.1, -0.05) is 29.8 Å². The number of alkyl halides is 1. The van der Waals surface area contributed by atoms with E-state index >= 15 is 0 Å². The monoisotopic (exact) mass is 345 g/mol. The third kappa shape index (κ3) is 3.04. The Kier molecular flexibility index (Phi) is 4.16. The Bertz CT molecular complexity index is 567. The highest BCUT2D eigenvalue weighted by Gasteiger charge is 2.59. The number of nitrogens with one attached hydrogen (secondary N) is 2. The van der Waals surface area contributed by atoms with Gasteiger partial charge in [0.2, 0.25) is 0 Å². The van der Waals surface area contributed by atoms with Gasteiger partial charge in [-0.3, -0.25) is 0 Å². The molecule has 3 rings (SSSR count). The molecule has 1 heterocycles. The molecule has 21 heavy (non-hydrogen) atoms. The normalized spacial score (nSPS) is 26.2. The fourth-order valence-electron chi connectivity index (χ4n) is 2.71. The van der Waals surface area contributed by atoms with E-state index < -0.39 is 10.5 Å². The van der Waals surface area contributed by atoms with Crippen molar-refractivity contribution in [3.05, 3.63) is 40.3 Å². The summed E-state index contributed by atoms with van der Waals surface area (Å²) < 4.78 is 0. The fourth-order valence-corrected chi connectivity index (χ4v) is 3.34. The molecule has 0 bridgehead atoms. The van der Waals surface area contributed by atoms with Gasteiger partial charge in [-0.05, 0) is 31.1 Å². The molecule has 7 heteroatoms. The van der Waals surface area contributed by atoms with E-state index in [9.17, 15) is 5.11 Å². The maximum absolute atomic E-state index is 11.2. The van der Waals surface area contributed by atoms with E-state index in [-0.39, 0.29) is 0 Å².